The van der Waals surface area contributed by atoms with E-state index in [2.05, 4.69) is 5.32 Å². The second-order valence-corrected chi connectivity index (χ2v) is 4.99. The minimum absolute atomic E-state index is 0.0474. The lowest BCUT2D eigenvalue weighted by Gasteiger charge is -2.17. The number of amides is 1. The zero-order valence-corrected chi connectivity index (χ0v) is 12.5. The van der Waals surface area contributed by atoms with E-state index < -0.39 is 0 Å². The van der Waals surface area contributed by atoms with Crippen molar-refractivity contribution in [1.82, 2.24) is 10.2 Å². The molecule has 0 unspecified atom stereocenters. The molecule has 1 aliphatic heterocycles. The molecule has 1 aliphatic rings. The molecule has 0 radical (unpaired) electrons. The first-order valence-electron chi connectivity index (χ1n) is 7.40. The van der Waals surface area contributed by atoms with Crippen LogP contribution in [0.15, 0.2) is 24.3 Å². The Balaban J connectivity index is 1.99. The van der Waals surface area contributed by atoms with Gasteiger partial charge in [-0.15, -0.1) is 0 Å². The number of hydrogen-bond acceptors (Lipinski definition) is 4. The molecule has 0 aliphatic carbocycles. The molecular formula is C16H23N3O2. The van der Waals surface area contributed by atoms with Crippen molar-refractivity contribution >= 4 is 17.7 Å². The lowest BCUT2D eigenvalue weighted by Crippen LogP contribution is -2.32. The van der Waals surface area contributed by atoms with E-state index in [1.807, 2.05) is 30.0 Å². The van der Waals surface area contributed by atoms with Crippen molar-refractivity contribution in [2.75, 3.05) is 38.5 Å². The van der Waals surface area contributed by atoms with Crippen molar-refractivity contribution in [2.45, 2.75) is 13.3 Å². The molecule has 0 saturated carbocycles. The quantitative estimate of drug-likeness (QED) is 0.651. The van der Waals surface area contributed by atoms with Crippen molar-refractivity contribution in [3.63, 3.8) is 0 Å². The van der Waals surface area contributed by atoms with E-state index in [1.54, 1.807) is 12.2 Å². The van der Waals surface area contributed by atoms with Crippen LogP contribution in [0.4, 0.5) is 5.69 Å². The number of carbonyl (C=O) groups excluding carboxylic acids is 1. The third-order valence-electron chi connectivity index (χ3n) is 3.40. The Morgan fingerprint density at radius 2 is 2.29 bits per heavy atom. The van der Waals surface area contributed by atoms with E-state index in [4.69, 9.17) is 10.5 Å². The van der Waals surface area contributed by atoms with Gasteiger partial charge < -0.3 is 20.7 Å². The smallest absolute Gasteiger partial charge is 0.246 e. The molecule has 114 valence electrons. The number of nitrogens with two attached hydrogens (primary N) is 1. The van der Waals surface area contributed by atoms with E-state index in [-0.39, 0.29) is 5.91 Å². The third-order valence-corrected chi connectivity index (χ3v) is 3.40. The van der Waals surface area contributed by atoms with Crippen molar-refractivity contribution in [3.8, 4) is 5.75 Å². The molecule has 0 atom stereocenters. The van der Waals surface area contributed by atoms with Crippen molar-refractivity contribution < 1.29 is 9.53 Å². The van der Waals surface area contributed by atoms with Crippen LogP contribution in [-0.4, -0.2) is 43.6 Å². The maximum atomic E-state index is 12.1. The van der Waals surface area contributed by atoms with Gasteiger partial charge in [0.1, 0.15) is 5.75 Å². The van der Waals surface area contributed by atoms with Crippen molar-refractivity contribution in [1.29, 1.82) is 0 Å². The lowest BCUT2D eigenvalue weighted by atomic mass is 10.1. The summed E-state index contributed by atoms with van der Waals surface area (Å²) in [4.78, 5) is 14.0. The fraction of sp³-hybridized carbons (Fsp3) is 0.438. The average molecular weight is 289 g/mol. The van der Waals surface area contributed by atoms with Crippen LogP contribution < -0.4 is 15.8 Å². The number of rotatable bonds is 4. The Morgan fingerprint density at radius 1 is 1.43 bits per heavy atom. The minimum Gasteiger partial charge on any atom is -0.492 e. The van der Waals surface area contributed by atoms with Gasteiger partial charge in [0.25, 0.3) is 0 Å². The maximum absolute atomic E-state index is 12.1. The Kier molecular flexibility index (Phi) is 5.63. The first kappa shape index (κ1) is 15.4. The molecule has 1 aromatic rings. The molecule has 1 heterocycles. The standard InChI is InChI=1S/C16H23N3O2/c1-2-21-15-6-4-13(12-14(15)17)5-7-16(20)19-10-3-8-18-9-11-19/h4-7,12,18H,2-3,8-11,17H2,1H3/b7-5-. The molecule has 5 nitrogen and oxygen atoms in total. The molecule has 2 rings (SSSR count). The Labute approximate surface area is 125 Å². The predicted octanol–water partition coefficient (Wildman–Crippen LogP) is 1.50. The number of anilines is 1. The fourth-order valence-corrected chi connectivity index (χ4v) is 2.30. The number of nitrogen functional groups attached to an aromatic ring is 1. The van der Waals surface area contributed by atoms with Crippen LogP contribution >= 0.6 is 0 Å². The maximum Gasteiger partial charge on any atom is 0.246 e. The predicted molar refractivity (Wildman–Crippen MR) is 85.1 cm³/mol. The van der Waals surface area contributed by atoms with Gasteiger partial charge in [0.2, 0.25) is 5.91 Å². The summed E-state index contributed by atoms with van der Waals surface area (Å²) in [5.74, 6) is 0.728. The fourth-order valence-electron chi connectivity index (χ4n) is 2.30. The van der Waals surface area contributed by atoms with E-state index in [0.29, 0.717) is 18.0 Å². The van der Waals surface area contributed by atoms with Crippen molar-refractivity contribution in [2.24, 2.45) is 0 Å². The van der Waals surface area contributed by atoms with Gasteiger partial charge >= 0.3 is 0 Å². The number of benzene rings is 1. The largest absolute Gasteiger partial charge is 0.492 e. The minimum atomic E-state index is 0.0474. The molecule has 1 fully saturated rings. The first-order chi connectivity index (χ1) is 10.2. The highest BCUT2D eigenvalue weighted by Crippen LogP contribution is 2.23. The van der Waals surface area contributed by atoms with Crippen molar-refractivity contribution in [3.05, 3.63) is 29.8 Å². The van der Waals surface area contributed by atoms with Crippen LogP contribution in [0, 0.1) is 0 Å². The molecule has 21 heavy (non-hydrogen) atoms. The van der Waals surface area contributed by atoms with E-state index in [1.165, 1.54) is 0 Å². The summed E-state index contributed by atoms with van der Waals surface area (Å²) in [6.07, 6.45) is 4.41. The summed E-state index contributed by atoms with van der Waals surface area (Å²) in [5, 5.41) is 3.28. The van der Waals surface area contributed by atoms with Gasteiger partial charge in [-0.25, -0.2) is 0 Å². The second-order valence-electron chi connectivity index (χ2n) is 4.99. The van der Waals surface area contributed by atoms with E-state index >= 15 is 0 Å². The number of carbonyl (C=O) groups is 1. The van der Waals surface area contributed by atoms with Crippen LogP contribution in [-0.2, 0) is 4.79 Å². The van der Waals surface area contributed by atoms with Gasteiger partial charge in [0, 0.05) is 25.7 Å². The van der Waals surface area contributed by atoms with Gasteiger partial charge in [0.05, 0.1) is 12.3 Å². The number of hydrogen-bond donors (Lipinski definition) is 2. The van der Waals surface area contributed by atoms with Crippen LogP contribution in [0.3, 0.4) is 0 Å². The summed E-state index contributed by atoms with van der Waals surface area (Å²) in [5.41, 5.74) is 7.40. The molecule has 5 heteroatoms. The molecule has 0 bridgehead atoms. The SMILES string of the molecule is CCOc1ccc(/C=C\C(=O)N2CCCNCC2)cc1N. The van der Waals surface area contributed by atoms with Crippen LogP contribution in [0.1, 0.15) is 18.9 Å². The van der Waals surface area contributed by atoms with Crippen LogP contribution in [0.5, 0.6) is 5.75 Å². The molecule has 3 N–H and O–H groups in total. The monoisotopic (exact) mass is 289 g/mol. The third kappa shape index (κ3) is 4.49. The van der Waals surface area contributed by atoms with Gasteiger partial charge in [-0.2, -0.15) is 0 Å². The highest BCUT2D eigenvalue weighted by Gasteiger charge is 2.12. The topological polar surface area (TPSA) is 67.6 Å². The molecule has 0 spiro atoms. The Morgan fingerprint density at radius 3 is 3.05 bits per heavy atom. The lowest BCUT2D eigenvalue weighted by molar-refractivity contribution is -0.125. The first-order valence-corrected chi connectivity index (χ1v) is 7.40. The number of ether oxygens (including phenoxy) is 1. The Hall–Kier alpha value is -2.01. The second kappa shape index (κ2) is 7.69. The summed E-state index contributed by atoms with van der Waals surface area (Å²) >= 11 is 0. The summed E-state index contributed by atoms with van der Waals surface area (Å²) in [6.45, 7) is 5.90. The molecule has 1 aromatic carbocycles. The Bertz CT molecular complexity index is 506. The van der Waals surface area contributed by atoms with E-state index in [9.17, 15) is 4.79 Å². The zero-order valence-electron chi connectivity index (χ0n) is 12.5. The van der Waals surface area contributed by atoms with Gasteiger partial charge in [0.15, 0.2) is 0 Å². The summed E-state index contributed by atoms with van der Waals surface area (Å²) in [7, 11) is 0. The number of nitrogens with zero attached hydrogens (tertiary/aromatic N) is 1. The summed E-state index contributed by atoms with van der Waals surface area (Å²) < 4.78 is 5.40. The molecular weight excluding hydrogens is 266 g/mol. The summed E-state index contributed by atoms with van der Waals surface area (Å²) in [6, 6.07) is 5.55. The highest BCUT2D eigenvalue weighted by atomic mass is 16.5. The number of nitrogens with one attached hydrogen (secondary N) is 1. The zero-order chi connectivity index (χ0) is 15.1. The molecule has 0 aromatic heterocycles. The van der Waals surface area contributed by atoms with Gasteiger partial charge in [-0.3, -0.25) is 4.79 Å². The normalized spacial score (nSPS) is 16.0. The van der Waals surface area contributed by atoms with E-state index in [0.717, 1.165) is 38.2 Å². The highest BCUT2D eigenvalue weighted by molar-refractivity contribution is 5.92. The average Bonchev–Trinajstić information content (AvgIpc) is 2.76. The molecule has 1 saturated heterocycles. The van der Waals surface area contributed by atoms with Gasteiger partial charge in [-0.1, -0.05) is 6.07 Å². The van der Waals surface area contributed by atoms with Crippen LogP contribution in [0.25, 0.3) is 6.08 Å². The van der Waals surface area contributed by atoms with Gasteiger partial charge in [-0.05, 0) is 43.7 Å². The van der Waals surface area contributed by atoms with Crippen LogP contribution in [0.2, 0.25) is 0 Å². The molecule has 1 amide bonds.